The summed E-state index contributed by atoms with van der Waals surface area (Å²) in [5.41, 5.74) is 5.78. The maximum atomic E-state index is 10.0. The Morgan fingerprint density at radius 1 is 1.23 bits per heavy atom. The number of ether oxygens (including phenoxy) is 3. The minimum Gasteiger partial charge on any atom is -0.492 e. The van der Waals surface area contributed by atoms with Crippen LogP contribution in [0.3, 0.4) is 0 Å². The first-order valence-corrected chi connectivity index (χ1v) is 11.1. The van der Waals surface area contributed by atoms with E-state index >= 15 is 0 Å². The topological polar surface area (TPSA) is 64.7 Å². The highest BCUT2D eigenvalue weighted by atomic mass is 16.7. The van der Waals surface area contributed by atoms with Crippen LogP contribution >= 0.6 is 0 Å². The molecule has 0 saturated heterocycles. The van der Waals surface area contributed by atoms with Crippen LogP contribution in [-0.2, 0) is 6.42 Å². The summed E-state index contributed by atoms with van der Waals surface area (Å²) < 4.78 is 17.2. The summed E-state index contributed by atoms with van der Waals surface area (Å²) in [4.78, 5) is 1.38. The van der Waals surface area contributed by atoms with Crippen molar-refractivity contribution in [2.45, 2.75) is 59.4 Å². The third kappa shape index (κ3) is 5.24. The van der Waals surface area contributed by atoms with Crippen molar-refractivity contribution in [3.8, 4) is 17.2 Å². The van der Waals surface area contributed by atoms with Gasteiger partial charge in [0.25, 0.3) is 0 Å². The second-order valence-electron chi connectivity index (χ2n) is 9.14. The van der Waals surface area contributed by atoms with E-state index in [9.17, 15) is 5.21 Å². The number of hydrogen-bond donors (Lipinski definition) is 2. The third-order valence-electron chi connectivity index (χ3n) is 6.31. The van der Waals surface area contributed by atoms with E-state index in [1.807, 2.05) is 0 Å². The Labute approximate surface area is 186 Å². The quantitative estimate of drug-likeness (QED) is 0.283. The first-order chi connectivity index (χ1) is 14.8. The molecule has 0 amide bonds. The lowest BCUT2D eigenvalue weighted by molar-refractivity contribution is -0.913. The standard InChI is InChI=1S/C25H36N2O4/c1-16(2)7-9-18(10-8-17(3)4)20(26-28)14-21-23-19(11-12-27(21)5)13-22-24(25(23)29-6)31-15-30-22/h7-8,13,18,21,28H,9-12,14-15H2,1-6H3/p+1/t21-/m1/s1. The van der Waals surface area contributed by atoms with Crippen LogP contribution in [0.2, 0.25) is 0 Å². The highest BCUT2D eigenvalue weighted by Gasteiger charge is 2.38. The lowest BCUT2D eigenvalue weighted by atomic mass is 9.84. The molecular formula is C25H37N2O4+. The van der Waals surface area contributed by atoms with Gasteiger partial charge in [-0.15, -0.1) is 0 Å². The van der Waals surface area contributed by atoms with Gasteiger partial charge in [-0.05, 0) is 52.2 Å². The number of rotatable bonds is 8. The summed E-state index contributed by atoms with van der Waals surface area (Å²) in [6.45, 7) is 9.66. The molecule has 31 heavy (non-hydrogen) atoms. The molecule has 2 heterocycles. The zero-order valence-corrected chi connectivity index (χ0v) is 19.7. The summed E-state index contributed by atoms with van der Waals surface area (Å²) >= 11 is 0. The number of quaternary nitrogens is 1. The lowest BCUT2D eigenvalue weighted by Crippen LogP contribution is -3.10. The maximum Gasteiger partial charge on any atom is 0.231 e. The number of benzene rings is 1. The van der Waals surface area contributed by atoms with Gasteiger partial charge in [-0.3, -0.25) is 0 Å². The van der Waals surface area contributed by atoms with Gasteiger partial charge in [-0.25, -0.2) is 0 Å². The van der Waals surface area contributed by atoms with E-state index < -0.39 is 0 Å². The van der Waals surface area contributed by atoms with Crippen LogP contribution in [-0.4, -0.2) is 38.4 Å². The van der Waals surface area contributed by atoms with Crippen LogP contribution in [0.1, 0.15) is 64.1 Å². The largest absolute Gasteiger partial charge is 0.492 e. The van der Waals surface area contributed by atoms with Gasteiger partial charge in [0.15, 0.2) is 11.5 Å². The number of methoxy groups -OCH3 is 1. The zero-order chi connectivity index (χ0) is 22.5. The predicted octanol–water partition coefficient (Wildman–Crippen LogP) is 4.08. The molecule has 0 aliphatic carbocycles. The Hall–Kier alpha value is -2.47. The SMILES string of the molecule is COc1c2c(cc3c1[C@@H](CC(=NO)C(CC=C(C)C)CC=C(C)C)[NH+](C)CC3)OCO2. The Balaban J connectivity index is 1.96. The summed E-state index contributed by atoms with van der Waals surface area (Å²) in [7, 11) is 3.89. The molecule has 0 bridgehead atoms. The first kappa shape index (κ1) is 23.2. The molecule has 2 atom stereocenters. The normalized spacial score (nSPS) is 19.8. The molecule has 0 spiro atoms. The minimum absolute atomic E-state index is 0.125. The monoisotopic (exact) mass is 429 g/mol. The van der Waals surface area contributed by atoms with Crippen molar-refractivity contribution in [1.29, 1.82) is 0 Å². The van der Waals surface area contributed by atoms with Gasteiger partial charge in [-0.1, -0.05) is 28.5 Å². The molecule has 170 valence electrons. The van der Waals surface area contributed by atoms with Gasteiger partial charge < -0.3 is 24.3 Å². The summed E-state index contributed by atoms with van der Waals surface area (Å²) in [5.74, 6) is 2.37. The summed E-state index contributed by atoms with van der Waals surface area (Å²) in [6, 6.07) is 2.22. The number of nitrogens with zero attached hydrogens (tertiary/aromatic N) is 1. The average molecular weight is 430 g/mol. The zero-order valence-electron chi connectivity index (χ0n) is 19.7. The van der Waals surface area contributed by atoms with Crippen LogP contribution in [0.15, 0.2) is 34.5 Å². The molecule has 1 unspecified atom stereocenters. The van der Waals surface area contributed by atoms with Crippen molar-refractivity contribution < 1.29 is 24.3 Å². The fourth-order valence-electron chi connectivity index (χ4n) is 4.52. The molecule has 6 nitrogen and oxygen atoms in total. The number of oxime groups is 1. The molecule has 2 aliphatic rings. The Morgan fingerprint density at radius 2 is 1.90 bits per heavy atom. The van der Waals surface area contributed by atoms with E-state index in [4.69, 9.17) is 14.2 Å². The van der Waals surface area contributed by atoms with Crippen molar-refractivity contribution in [2.24, 2.45) is 11.1 Å². The van der Waals surface area contributed by atoms with Crippen LogP contribution in [0, 0.1) is 5.92 Å². The lowest BCUT2D eigenvalue weighted by Gasteiger charge is -2.34. The Morgan fingerprint density at radius 3 is 2.48 bits per heavy atom. The van der Waals surface area contributed by atoms with E-state index in [0.29, 0.717) is 12.2 Å². The fraction of sp³-hybridized carbons (Fsp3) is 0.560. The van der Waals surface area contributed by atoms with Gasteiger partial charge in [0, 0.05) is 18.8 Å². The molecule has 1 aromatic carbocycles. The fourth-order valence-corrected chi connectivity index (χ4v) is 4.52. The first-order valence-electron chi connectivity index (χ1n) is 11.1. The van der Waals surface area contributed by atoms with Gasteiger partial charge in [0.05, 0.1) is 32.0 Å². The minimum atomic E-state index is 0.125. The molecule has 0 aromatic heterocycles. The molecule has 0 fully saturated rings. The highest BCUT2D eigenvalue weighted by molar-refractivity contribution is 5.87. The third-order valence-corrected chi connectivity index (χ3v) is 6.31. The molecule has 0 saturated carbocycles. The van der Waals surface area contributed by atoms with E-state index in [0.717, 1.165) is 48.6 Å². The molecule has 2 aliphatic heterocycles. The van der Waals surface area contributed by atoms with E-state index in [1.165, 1.54) is 21.6 Å². The van der Waals surface area contributed by atoms with E-state index in [2.05, 4.69) is 58.1 Å². The van der Waals surface area contributed by atoms with Gasteiger partial charge in [0.1, 0.15) is 6.04 Å². The Bertz CT molecular complexity index is 860. The van der Waals surface area contributed by atoms with Crippen molar-refractivity contribution in [1.82, 2.24) is 0 Å². The van der Waals surface area contributed by atoms with Gasteiger partial charge in [-0.2, -0.15) is 0 Å². The smallest absolute Gasteiger partial charge is 0.231 e. The van der Waals surface area contributed by atoms with Crippen LogP contribution in [0.25, 0.3) is 0 Å². The number of hydrogen-bond acceptors (Lipinski definition) is 5. The second-order valence-corrected chi connectivity index (χ2v) is 9.14. The van der Waals surface area contributed by atoms with Crippen molar-refractivity contribution >= 4 is 5.71 Å². The molecule has 1 aromatic rings. The van der Waals surface area contributed by atoms with Gasteiger partial charge >= 0.3 is 0 Å². The van der Waals surface area contributed by atoms with Crippen molar-refractivity contribution in [3.63, 3.8) is 0 Å². The Kier molecular flexibility index (Phi) is 7.65. The number of fused-ring (bicyclic) bond motifs is 2. The van der Waals surface area contributed by atoms with Crippen molar-refractivity contribution in [3.05, 3.63) is 40.5 Å². The maximum absolute atomic E-state index is 10.0. The second kappa shape index (κ2) is 10.2. The van der Waals surface area contributed by atoms with Gasteiger partial charge in [0.2, 0.25) is 12.5 Å². The highest BCUT2D eigenvalue weighted by Crippen LogP contribution is 2.48. The average Bonchev–Trinajstić information content (AvgIpc) is 3.20. The summed E-state index contributed by atoms with van der Waals surface area (Å²) in [5, 5.41) is 13.9. The molecule has 6 heteroatoms. The van der Waals surface area contributed by atoms with Crippen molar-refractivity contribution in [2.75, 3.05) is 27.5 Å². The van der Waals surface area contributed by atoms with E-state index in [1.54, 1.807) is 7.11 Å². The number of allylic oxidation sites excluding steroid dienone is 4. The number of nitrogens with one attached hydrogen (secondary N) is 1. The van der Waals surface area contributed by atoms with E-state index in [-0.39, 0.29) is 18.8 Å². The predicted molar refractivity (Wildman–Crippen MR) is 123 cm³/mol. The molecule has 0 radical (unpaired) electrons. The summed E-state index contributed by atoms with van der Waals surface area (Å²) in [6.07, 6.45) is 7.82. The van der Waals surface area contributed by atoms with Crippen LogP contribution in [0.5, 0.6) is 17.2 Å². The number of likely N-dealkylation sites (N-methyl/N-ethyl adjacent to an activating group) is 1. The van der Waals surface area contributed by atoms with Crippen LogP contribution in [0.4, 0.5) is 0 Å². The molecule has 3 rings (SSSR count). The molecular weight excluding hydrogens is 392 g/mol. The van der Waals surface area contributed by atoms with Crippen LogP contribution < -0.4 is 19.1 Å². The molecule has 2 N–H and O–H groups in total.